The van der Waals surface area contributed by atoms with Gasteiger partial charge in [0.25, 0.3) is 10.0 Å². The number of esters is 1. The van der Waals surface area contributed by atoms with Gasteiger partial charge in [-0.05, 0) is 42.5 Å². The van der Waals surface area contributed by atoms with Crippen molar-refractivity contribution >= 4 is 33.3 Å². The number of nitrogens with zero attached hydrogens (tertiary/aromatic N) is 1. The Morgan fingerprint density at radius 2 is 1.71 bits per heavy atom. The Kier molecular flexibility index (Phi) is 6.45. The normalized spacial score (nSPS) is 11.8. The molecule has 0 aromatic heterocycles. The van der Waals surface area contributed by atoms with Gasteiger partial charge in [-0.2, -0.15) is 13.2 Å². The highest BCUT2D eigenvalue weighted by Crippen LogP contribution is 2.38. The van der Waals surface area contributed by atoms with E-state index < -0.39 is 45.0 Å². The van der Waals surface area contributed by atoms with E-state index >= 15 is 0 Å². The number of benzene rings is 2. The standard InChI is InChI=1S/C17H15ClF3NO5S/c1-26-12-4-6-13(7-5-12)28(24,25)22(10-16(23)27-2)11-3-8-15(18)14(9-11)17(19,20)21/h3-9H,10H2,1-2H3. The molecule has 0 spiro atoms. The number of ether oxygens (including phenoxy) is 2. The molecule has 0 aliphatic rings. The zero-order valence-electron chi connectivity index (χ0n) is 14.7. The first-order valence-corrected chi connectivity index (χ1v) is 9.43. The van der Waals surface area contributed by atoms with E-state index in [-0.39, 0.29) is 4.90 Å². The predicted octanol–water partition coefficient (Wildman–Crippen LogP) is 3.74. The molecule has 0 N–H and O–H groups in total. The molecule has 11 heteroatoms. The maximum absolute atomic E-state index is 13.2. The van der Waals surface area contributed by atoms with Crippen LogP contribution in [0, 0.1) is 0 Å². The van der Waals surface area contributed by atoms with E-state index in [0.717, 1.165) is 19.2 Å². The molecule has 0 atom stereocenters. The quantitative estimate of drug-likeness (QED) is 0.644. The molecule has 0 aliphatic heterocycles. The molecule has 2 aromatic rings. The van der Waals surface area contributed by atoms with Crippen molar-refractivity contribution in [2.75, 3.05) is 25.1 Å². The van der Waals surface area contributed by atoms with Crippen LogP contribution < -0.4 is 9.04 Å². The molecule has 0 saturated carbocycles. The highest BCUT2D eigenvalue weighted by molar-refractivity contribution is 7.92. The first kappa shape index (κ1) is 21.8. The lowest BCUT2D eigenvalue weighted by molar-refractivity contribution is -0.138. The van der Waals surface area contributed by atoms with E-state index in [1.807, 2.05) is 0 Å². The van der Waals surface area contributed by atoms with E-state index in [0.29, 0.717) is 16.1 Å². The lowest BCUT2D eigenvalue weighted by Gasteiger charge is -2.24. The van der Waals surface area contributed by atoms with Crippen LogP contribution in [0.15, 0.2) is 47.4 Å². The molecule has 2 rings (SSSR count). The predicted molar refractivity (Wildman–Crippen MR) is 96.0 cm³/mol. The molecule has 0 bridgehead atoms. The van der Waals surface area contributed by atoms with Gasteiger partial charge in [-0.3, -0.25) is 9.10 Å². The van der Waals surface area contributed by atoms with Crippen molar-refractivity contribution in [1.82, 2.24) is 0 Å². The molecule has 0 aliphatic carbocycles. The van der Waals surface area contributed by atoms with E-state index in [1.54, 1.807) is 0 Å². The van der Waals surface area contributed by atoms with E-state index in [2.05, 4.69) is 4.74 Å². The van der Waals surface area contributed by atoms with Gasteiger partial charge < -0.3 is 9.47 Å². The molecular formula is C17H15ClF3NO5S. The highest BCUT2D eigenvalue weighted by Gasteiger charge is 2.35. The fraction of sp³-hybridized carbons (Fsp3) is 0.235. The number of rotatable bonds is 6. The number of hydrogen-bond acceptors (Lipinski definition) is 5. The van der Waals surface area contributed by atoms with Crippen molar-refractivity contribution in [2.45, 2.75) is 11.1 Å². The van der Waals surface area contributed by atoms with Crippen molar-refractivity contribution < 1.29 is 35.9 Å². The summed E-state index contributed by atoms with van der Waals surface area (Å²) in [5.41, 5.74) is -1.62. The average Bonchev–Trinajstić information content (AvgIpc) is 2.65. The molecule has 6 nitrogen and oxygen atoms in total. The number of alkyl halides is 3. The van der Waals surface area contributed by atoms with Gasteiger partial charge in [0.05, 0.1) is 35.4 Å². The van der Waals surface area contributed by atoms with Gasteiger partial charge in [0, 0.05) is 0 Å². The molecule has 0 saturated heterocycles. The van der Waals surface area contributed by atoms with Gasteiger partial charge in [-0.15, -0.1) is 0 Å². The topological polar surface area (TPSA) is 72.9 Å². The summed E-state index contributed by atoms with van der Waals surface area (Å²) in [5.74, 6) is -0.579. The molecule has 0 radical (unpaired) electrons. The molecule has 0 fully saturated rings. The van der Waals surface area contributed by atoms with Crippen LogP contribution in [0.3, 0.4) is 0 Å². The Hall–Kier alpha value is -2.46. The molecule has 0 amide bonds. The van der Waals surface area contributed by atoms with Crippen LogP contribution in [0.4, 0.5) is 18.9 Å². The van der Waals surface area contributed by atoms with Crippen molar-refractivity contribution in [3.8, 4) is 5.75 Å². The second kappa shape index (κ2) is 8.27. The Morgan fingerprint density at radius 1 is 1.11 bits per heavy atom. The zero-order chi connectivity index (χ0) is 21.1. The molecule has 0 heterocycles. The van der Waals surface area contributed by atoms with Crippen LogP contribution in [-0.4, -0.2) is 35.2 Å². The highest BCUT2D eigenvalue weighted by atomic mass is 35.5. The Morgan fingerprint density at radius 3 is 2.21 bits per heavy atom. The lowest BCUT2D eigenvalue weighted by Crippen LogP contribution is -2.36. The van der Waals surface area contributed by atoms with Crippen LogP contribution in [-0.2, 0) is 25.7 Å². The molecule has 28 heavy (non-hydrogen) atoms. The fourth-order valence-corrected chi connectivity index (χ4v) is 3.88. The summed E-state index contributed by atoms with van der Waals surface area (Å²) in [6.45, 7) is -0.830. The second-order valence-electron chi connectivity index (χ2n) is 5.43. The summed E-state index contributed by atoms with van der Waals surface area (Å²) < 4.78 is 75.4. The van der Waals surface area contributed by atoms with E-state index in [1.165, 1.54) is 31.4 Å². The molecule has 0 unspecified atom stereocenters. The third-order valence-electron chi connectivity index (χ3n) is 3.69. The Bertz CT molecular complexity index is 962. The van der Waals surface area contributed by atoms with E-state index in [9.17, 15) is 26.4 Å². The summed E-state index contributed by atoms with van der Waals surface area (Å²) in [4.78, 5) is 11.5. The molecule has 152 valence electrons. The van der Waals surface area contributed by atoms with Crippen LogP contribution in [0.1, 0.15) is 5.56 Å². The van der Waals surface area contributed by atoms with Gasteiger partial charge in [0.15, 0.2) is 0 Å². The van der Waals surface area contributed by atoms with Gasteiger partial charge >= 0.3 is 12.1 Å². The van der Waals surface area contributed by atoms with Crippen LogP contribution in [0.2, 0.25) is 5.02 Å². The third kappa shape index (κ3) is 4.68. The zero-order valence-corrected chi connectivity index (χ0v) is 16.2. The maximum atomic E-state index is 13.2. The minimum atomic E-state index is -4.81. The molecule has 2 aromatic carbocycles. The number of anilines is 1. The summed E-state index contributed by atoms with van der Waals surface area (Å²) in [6.07, 6.45) is -4.81. The monoisotopic (exact) mass is 437 g/mol. The minimum absolute atomic E-state index is 0.249. The van der Waals surface area contributed by atoms with Crippen LogP contribution in [0.5, 0.6) is 5.75 Å². The first-order chi connectivity index (χ1) is 13.0. The van der Waals surface area contributed by atoms with Crippen molar-refractivity contribution in [3.05, 3.63) is 53.1 Å². The summed E-state index contributed by atoms with van der Waals surface area (Å²) in [7, 11) is -1.97. The second-order valence-corrected chi connectivity index (χ2v) is 7.69. The lowest BCUT2D eigenvalue weighted by atomic mass is 10.2. The Balaban J connectivity index is 2.60. The van der Waals surface area contributed by atoms with Gasteiger partial charge in [-0.1, -0.05) is 11.6 Å². The van der Waals surface area contributed by atoms with Crippen molar-refractivity contribution in [3.63, 3.8) is 0 Å². The number of carbonyl (C=O) groups excluding carboxylic acids is 1. The largest absolute Gasteiger partial charge is 0.497 e. The number of sulfonamides is 1. The summed E-state index contributed by atoms with van der Waals surface area (Å²) >= 11 is 5.59. The third-order valence-corrected chi connectivity index (χ3v) is 5.81. The fourth-order valence-electron chi connectivity index (χ4n) is 2.26. The maximum Gasteiger partial charge on any atom is 0.417 e. The number of methoxy groups -OCH3 is 2. The Labute approximate surface area is 164 Å². The minimum Gasteiger partial charge on any atom is -0.497 e. The van der Waals surface area contributed by atoms with Crippen molar-refractivity contribution in [2.24, 2.45) is 0 Å². The molecular weight excluding hydrogens is 423 g/mol. The van der Waals surface area contributed by atoms with Crippen molar-refractivity contribution in [1.29, 1.82) is 0 Å². The van der Waals surface area contributed by atoms with Gasteiger partial charge in [-0.25, -0.2) is 8.42 Å². The van der Waals surface area contributed by atoms with Gasteiger partial charge in [0.1, 0.15) is 12.3 Å². The number of carbonyl (C=O) groups is 1. The average molecular weight is 438 g/mol. The number of hydrogen-bond donors (Lipinski definition) is 0. The first-order valence-electron chi connectivity index (χ1n) is 7.61. The number of halogens is 4. The smallest absolute Gasteiger partial charge is 0.417 e. The summed E-state index contributed by atoms with van der Waals surface area (Å²) in [5, 5.41) is -0.601. The van der Waals surface area contributed by atoms with Gasteiger partial charge in [0.2, 0.25) is 0 Å². The van der Waals surface area contributed by atoms with E-state index in [4.69, 9.17) is 16.3 Å². The summed E-state index contributed by atoms with van der Waals surface area (Å²) in [6, 6.07) is 7.69. The van der Waals surface area contributed by atoms with Crippen LogP contribution >= 0.6 is 11.6 Å². The SMILES string of the molecule is COC(=O)CN(c1ccc(Cl)c(C(F)(F)F)c1)S(=O)(=O)c1ccc(OC)cc1. The van der Waals surface area contributed by atoms with Crippen LogP contribution in [0.25, 0.3) is 0 Å².